The summed E-state index contributed by atoms with van der Waals surface area (Å²) in [5.41, 5.74) is 2.51. The Morgan fingerprint density at radius 3 is 0.925 bits per heavy atom. The van der Waals surface area contributed by atoms with Crippen LogP contribution in [-0.4, -0.2) is 197 Å². The average molecular weight is 2270 g/mol. The molecule has 4 aromatic carbocycles. The fraction of sp³-hybridized carbons (Fsp3) is 0.480. The molecule has 5 N–H and O–H groups in total. The van der Waals surface area contributed by atoms with Crippen LogP contribution in [0.2, 0.25) is 20.1 Å². The number of anilines is 4. The van der Waals surface area contributed by atoms with Crippen LogP contribution < -0.4 is 130 Å². The fourth-order valence-corrected chi connectivity index (χ4v) is 23.8. The Bertz CT molecular complexity index is 7080. The molecule has 0 bridgehead atoms. The van der Waals surface area contributed by atoms with E-state index in [2.05, 4.69) is 36.0 Å². The molecule has 0 radical (unpaired) electrons. The minimum Gasteiger partial charge on any atom is -0.870 e. The average Bonchev–Trinajstić information content (AvgIpc) is 1.21. The maximum atomic E-state index is 13.5. The van der Waals surface area contributed by atoms with Gasteiger partial charge in [-0.3, -0.25) is 33.6 Å². The third-order valence-corrected chi connectivity index (χ3v) is 32.4. The van der Waals surface area contributed by atoms with Crippen molar-refractivity contribution in [2.75, 3.05) is 109 Å². The number of alkyl halides is 9. The number of hydrogen-bond acceptors (Lipinski definition) is 25. The fourth-order valence-electron chi connectivity index (χ4n) is 18.9. The Kier molecular flexibility index (Phi) is 43.3. The van der Waals surface area contributed by atoms with Crippen LogP contribution in [0, 0.1) is 47.3 Å². The van der Waals surface area contributed by atoms with Crippen molar-refractivity contribution in [3.05, 3.63) is 158 Å². The van der Waals surface area contributed by atoms with Crippen LogP contribution >= 0.6 is 109 Å². The number of carbonyl (C=O) groups is 3. The molecule has 0 aliphatic heterocycles. The van der Waals surface area contributed by atoms with Crippen molar-refractivity contribution in [1.82, 2.24) is 38.2 Å². The first-order chi connectivity index (χ1) is 66.8. The van der Waals surface area contributed by atoms with Crippen molar-refractivity contribution in [2.24, 2.45) is 47.3 Å². The van der Waals surface area contributed by atoms with Gasteiger partial charge in [0.05, 0.1) is 96.5 Å². The molecule has 0 atom stereocenters. The number of carboxylic acids is 1. The first-order valence-corrected chi connectivity index (χ1v) is 54.1. The Balaban J connectivity index is 0.000000193. The molecule has 8 aliphatic rings. The number of esters is 2. The predicted molar refractivity (Wildman–Crippen MR) is 554 cm³/mol. The summed E-state index contributed by atoms with van der Waals surface area (Å²) in [7, 11) is 0. The van der Waals surface area contributed by atoms with Gasteiger partial charge in [0.2, 0.25) is 23.7 Å². The van der Waals surface area contributed by atoms with Crippen LogP contribution in [0.25, 0.3) is 87.7 Å². The number of thioether (sulfide) groups is 4. The van der Waals surface area contributed by atoms with Gasteiger partial charge in [-0.25, -0.2) is 61.3 Å². The second kappa shape index (κ2) is 51.8. The van der Waals surface area contributed by atoms with Gasteiger partial charge in [0.25, 0.3) is 0 Å². The normalized spacial score (nSPS) is 16.7. The second-order valence-electron chi connectivity index (χ2n) is 37.5. The van der Waals surface area contributed by atoms with E-state index in [9.17, 15) is 78.6 Å². The quantitative estimate of drug-likeness (QED) is 0.00733. The van der Waals surface area contributed by atoms with Gasteiger partial charge in [-0.15, -0.1) is 47.0 Å². The maximum absolute atomic E-state index is 13.5. The van der Waals surface area contributed by atoms with Gasteiger partial charge in [0, 0.05) is 124 Å². The summed E-state index contributed by atoms with van der Waals surface area (Å²) >= 11 is 34.5. The van der Waals surface area contributed by atoms with Crippen LogP contribution in [0.1, 0.15) is 117 Å². The number of fused-ring (bicyclic) bond motifs is 8. The van der Waals surface area contributed by atoms with Crippen LogP contribution in [0.3, 0.4) is 0 Å². The zero-order chi connectivity index (χ0) is 99.9. The number of carboxylic acid groups (broad SMARTS) is 1. The Labute approximate surface area is 947 Å². The summed E-state index contributed by atoms with van der Waals surface area (Å²) in [4.78, 5) is 129. The molecule has 8 aliphatic carbocycles. The van der Waals surface area contributed by atoms with E-state index in [4.69, 9.17) is 70.8 Å². The minimum atomic E-state index is -2.60. The Hall–Kier alpha value is -6.00. The minimum absolute atomic E-state index is 0. The largest absolute Gasteiger partial charge is 1.00 e. The molecule has 8 aromatic heterocycles. The van der Waals surface area contributed by atoms with E-state index in [0.717, 1.165) is 57.5 Å². The Morgan fingerprint density at radius 2 is 0.664 bits per heavy atom. The van der Waals surface area contributed by atoms with E-state index >= 15 is 0 Å². The van der Waals surface area contributed by atoms with E-state index < -0.39 is 48.1 Å². The standard InChI is InChI=1S/C26H28ClF2N3O3S.C24H24ClF2N3O3S.C24H23ClF2N3O2S.C22H22ClF2N3O3S.C4H7Br.3Na.3H2O/c1-3-35-21(33)14-32-22-17(6-8-19(27)24(22)36-2)23(34)18-7-9-20(30-25(18)32)31(12-15-4-5-15)13-16-10-26(28,29)11-16;1-34-22-17(25)6-4-15-20(22)30(12-19(31)32)23-16(21(15)33)5-7-18(28-23)29(10-13-2-3-13)11-14-8-24(26,27)9-14;1-33-22-18(25)6-4-16-20(22)30(8-9-31)23-17(21(16)32)5-7-19(28-23)29(12-14-2-3-14)13-15-10-24(26,27)11-15;1-3-31-17(29)11-28-18-13(4-6-15(23)20(18)32-2)19(30)14-5-7-16(27-21(14)28)26-10-12-8-22(24,25)9-12;5-3-4-1-2-4;;;;;;/h6-9,15-16H,3-5,10-14H2,1-2H3;4-7,13-14H,2-3,8-12H2,1H3,(H,31,32);4-7,14-15H,2-3,8,10-13H2,1H3;4-7,12H,3,8-11H2,1-2H3,(H,26,27);4H,1-3H2;;;;3*1H2/q;;-1;;;3*+1;;;/p-3. The summed E-state index contributed by atoms with van der Waals surface area (Å²) in [6.45, 7) is 7.11. The number of carbonyl (C=O) groups excluding carboxylic acids is 3. The number of aliphatic carboxylic acids is 1. The summed E-state index contributed by atoms with van der Waals surface area (Å²) in [5, 5.41) is 19.0. The van der Waals surface area contributed by atoms with Crippen molar-refractivity contribution >= 4 is 245 Å². The van der Waals surface area contributed by atoms with Gasteiger partial charge in [-0.1, -0.05) is 68.9 Å². The molecule has 0 saturated heterocycles. The zero-order valence-electron chi connectivity index (χ0n) is 81.9. The van der Waals surface area contributed by atoms with Gasteiger partial charge in [0.15, 0.2) is 21.7 Å². The van der Waals surface area contributed by atoms with Gasteiger partial charge in [0.1, 0.15) is 65.5 Å². The van der Waals surface area contributed by atoms with Gasteiger partial charge < -0.3 is 74.1 Å². The first kappa shape index (κ1) is 122. The molecule has 0 amide bonds. The summed E-state index contributed by atoms with van der Waals surface area (Å²) in [5.74, 6) is -7.90. The van der Waals surface area contributed by atoms with Crippen molar-refractivity contribution < 1.29 is 174 Å². The topological polar surface area (TPSA) is 358 Å². The third-order valence-electron chi connectivity index (χ3n) is 26.5. The predicted octanol–water partition coefficient (Wildman–Crippen LogP) is 13.5. The summed E-state index contributed by atoms with van der Waals surface area (Å²) in [6.07, 6.45) is 17.9. The van der Waals surface area contributed by atoms with Crippen molar-refractivity contribution in [1.29, 1.82) is 0 Å². The van der Waals surface area contributed by atoms with E-state index in [1.54, 1.807) is 125 Å². The van der Waals surface area contributed by atoms with Gasteiger partial charge in [-0.05, 0) is 235 Å². The molecule has 8 fully saturated rings. The van der Waals surface area contributed by atoms with E-state index in [0.29, 0.717) is 196 Å². The van der Waals surface area contributed by atoms with Crippen molar-refractivity contribution in [3.63, 3.8) is 0 Å². The number of aromatic nitrogens is 8. The number of rotatable bonds is 33. The molecule has 46 heteroatoms. The summed E-state index contributed by atoms with van der Waals surface area (Å²) in [6, 6.07) is 27.0. The SMILES string of the molecule is BrCC1CC1.CCOC(=O)Cn1c2nc(N(CC3CC3)CC3CC(F)(F)C3)ccc2c(=O)c2ccc(Cl)c(SC)c21.CCOC(=O)Cn1c2nc(NCC3CC(F)(F)C3)ccc2c(=O)c2ccc(Cl)c(SC)c21.CSc1c(Cl)ccc2c(=O)c3ccc(N(CC4CC4)CC4CC(F)(F)C4)nc3n(CC(=O)O)c12.CSc1c(Cl)ccc2c(=O)c3ccc(N(CC4CC4)CC4CC(F)(F)C4)nc3n(C[C-]=O)c12.[Na+].[Na+].[Na+].[OH-].[OH-].[OH-]. The van der Waals surface area contributed by atoms with Crippen molar-refractivity contribution in [2.45, 2.75) is 186 Å². The number of halogens is 13. The Morgan fingerprint density at radius 1 is 0.404 bits per heavy atom. The van der Waals surface area contributed by atoms with E-state index in [1.807, 2.05) is 36.2 Å². The van der Waals surface area contributed by atoms with E-state index in [-0.39, 0.29) is 240 Å². The number of ether oxygens (including phenoxy) is 2. The van der Waals surface area contributed by atoms with Crippen LogP contribution in [0.5, 0.6) is 0 Å². The number of hydrogen-bond donors (Lipinski definition) is 2. The number of nitrogens with one attached hydrogen (secondary N) is 1. The molecule has 0 spiro atoms. The third kappa shape index (κ3) is 28.4. The van der Waals surface area contributed by atoms with Crippen LogP contribution in [0.15, 0.2) is 136 Å². The first-order valence-electron chi connectivity index (χ1n) is 46.6. The molecule has 26 nitrogen and oxygen atoms in total. The smallest absolute Gasteiger partial charge is 0.870 e. The van der Waals surface area contributed by atoms with Crippen LogP contribution in [0.4, 0.5) is 58.4 Å². The monoisotopic (exact) mass is 2270 g/mol. The molecular weight excluding hydrogens is 2160 g/mol. The molecule has 146 heavy (non-hydrogen) atoms. The summed E-state index contributed by atoms with van der Waals surface area (Å²) < 4.78 is 124. The molecule has 8 heterocycles. The van der Waals surface area contributed by atoms with Crippen molar-refractivity contribution in [3.8, 4) is 0 Å². The van der Waals surface area contributed by atoms with Crippen LogP contribution in [-0.2, 0) is 54.8 Å². The van der Waals surface area contributed by atoms with Gasteiger partial charge >= 0.3 is 107 Å². The molecule has 12 aromatic rings. The number of benzene rings is 4. The van der Waals surface area contributed by atoms with E-state index in [1.165, 1.54) is 69.8 Å². The zero-order valence-corrected chi connectivity index (χ0v) is 95.8. The van der Waals surface area contributed by atoms with Gasteiger partial charge in [-0.2, -0.15) is 0 Å². The number of pyridine rings is 8. The molecule has 0 unspecified atom stereocenters. The molecule has 20 rings (SSSR count). The molecule has 770 valence electrons. The maximum Gasteiger partial charge on any atom is 1.00 e. The number of nitrogens with zero attached hydrogens (tertiary/aromatic N) is 11. The molecular formula is C100H107BrCl4F8N12Na3O14S4-. The molecule has 8 saturated carbocycles. The second-order valence-corrected chi connectivity index (χ2v) is 43.0.